The molecule has 0 bridgehead atoms. The lowest BCUT2D eigenvalue weighted by Gasteiger charge is -2.11. The van der Waals surface area contributed by atoms with Crippen LogP contribution in [0.5, 0.6) is 0 Å². The summed E-state index contributed by atoms with van der Waals surface area (Å²) in [6.45, 7) is 2.69. The largest absolute Gasteiger partial charge is 0.476 e. The molecular formula is C8H12N4O3S. The van der Waals surface area contributed by atoms with Crippen LogP contribution in [0.25, 0.3) is 0 Å². The molecule has 88 valence electrons. The molecule has 0 saturated carbocycles. The maximum absolute atomic E-state index is 10.8. The average Bonchev–Trinajstić information content (AvgIpc) is 2.27. The third-order valence-corrected chi connectivity index (χ3v) is 2.51. The van der Waals surface area contributed by atoms with Crippen LogP contribution in [0.15, 0.2) is 15.4 Å². The fraction of sp³-hybridized carbons (Fsp3) is 0.500. The zero-order valence-corrected chi connectivity index (χ0v) is 9.74. The van der Waals surface area contributed by atoms with Gasteiger partial charge in [-0.05, 0) is 6.92 Å². The molecule has 0 aliphatic carbocycles. The molecule has 0 spiro atoms. The molecule has 0 radical (unpaired) electrons. The van der Waals surface area contributed by atoms with Crippen LogP contribution in [0, 0.1) is 0 Å². The minimum absolute atomic E-state index is 0.214. The van der Waals surface area contributed by atoms with E-state index in [1.165, 1.54) is 18.9 Å². The fourth-order valence-electron chi connectivity index (χ4n) is 0.960. The SMILES string of the molecule is CCNC1=NN=C(/C(=N/OC)C(=O)O)CS1. The Labute approximate surface area is 96.6 Å². The molecule has 1 aliphatic heterocycles. The van der Waals surface area contributed by atoms with Gasteiger partial charge in [0, 0.05) is 12.3 Å². The van der Waals surface area contributed by atoms with E-state index in [4.69, 9.17) is 5.11 Å². The summed E-state index contributed by atoms with van der Waals surface area (Å²) in [5, 5.41) is 23.6. The van der Waals surface area contributed by atoms with Crippen molar-refractivity contribution in [3.63, 3.8) is 0 Å². The number of oxime groups is 1. The summed E-state index contributed by atoms with van der Waals surface area (Å²) in [6.07, 6.45) is 0. The van der Waals surface area contributed by atoms with Crippen LogP contribution < -0.4 is 5.32 Å². The van der Waals surface area contributed by atoms with Gasteiger partial charge in [-0.25, -0.2) is 4.79 Å². The quantitative estimate of drug-likeness (QED) is 0.542. The van der Waals surface area contributed by atoms with Gasteiger partial charge in [-0.3, -0.25) is 0 Å². The van der Waals surface area contributed by atoms with E-state index in [0.717, 1.165) is 6.54 Å². The normalized spacial score (nSPS) is 16.2. The van der Waals surface area contributed by atoms with Crippen LogP contribution in [0.4, 0.5) is 0 Å². The number of carbonyl (C=O) groups is 1. The Morgan fingerprint density at radius 2 is 2.44 bits per heavy atom. The molecule has 2 N–H and O–H groups in total. The van der Waals surface area contributed by atoms with Crippen LogP contribution in [-0.2, 0) is 9.63 Å². The molecule has 1 aliphatic rings. The second-order valence-corrected chi connectivity index (χ2v) is 3.66. The summed E-state index contributed by atoms with van der Waals surface area (Å²) in [4.78, 5) is 15.3. The Bertz CT molecular complexity index is 364. The molecule has 0 atom stereocenters. The van der Waals surface area contributed by atoms with Gasteiger partial charge in [0.05, 0.1) is 0 Å². The molecule has 0 unspecified atom stereocenters. The van der Waals surface area contributed by atoms with Crippen molar-refractivity contribution in [3.8, 4) is 0 Å². The van der Waals surface area contributed by atoms with Gasteiger partial charge in [0.15, 0.2) is 5.17 Å². The molecule has 8 heteroatoms. The lowest BCUT2D eigenvalue weighted by molar-refractivity contribution is -0.129. The van der Waals surface area contributed by atoms with Crippen molar-refractivity contribution in [2.24, 2.45) is 15.4 Å². The van der Waals surface area contributed by atoms with E-state index in [9.17, 15) is 4.79 Å². The van der Waals surface area contributed by atoms with E-state index < -0.39 is 5.97 Å². The molecule has 0 aromatic heterocycles. The summed E-state index contributed by atoms with van der Waals surface area (Å²) in [6, 6.07) is 0. The Hall–Kier alpha value is -1.57. The van der Waals surface area contributed by atoms with Crippen LogP contribution in [0.1, 0.15) is 6.92 Å². The molecule has 0 amide bonds. The number of hydrogen-bond acceptors (Lipinski definition) is 7. The highest BCUT2D eigenvalue weighted by molar-refractivity contribution is 8.14. The molecular weight excluding hydrogens is 232 g/mol. The molecule has 7 nitrogen and oxygen atoms in total. The number of nitrogens with zero attached hydrogens (tertiary/aromatic N) is 3. The van der Waals surface area contributed by atoms with Crippen LogP contribution in [0.2, 0.25) is 0 Å². The highest BCUT2D eigenvalue weighted by Gasteiger charge is 2.22. The number of aliphatic carboxylic acids is 1. The second-order valence-electron chi connectivity index (χ2n) is 2.70. The summed E-state index contributed by atoms with van der Waals surface area (Å²) in [5.74, 6) is -0.774. The molecule has 16 heavy (non-hydrogen) atoms. The maximum Gasteiger partial charge on any atom is 0.359 e. The van der Waals surface area contributed by atoms with Crippen molar-refractivity contribution < 1.29 is 14.7 Å². The fourth-order valence-corrected chi connectivity index (χ4v) is 1.77. The number of carboxylic acids is 1. The van der Waals surface area contributed by atoms with Gasteiger partial charge in [0.2, 0.25) is 5.71 Å². The van der Waals surface area contributed by atoms with Crippen molar-refractivity contribution in [2.75, 3.05) is 19.4 Å². The summed E-state index contributed by atoms with van der Waals surface area (Å²) in [5.41, 5.74) is 0.0790. The zero-order chi connectivity index (χ0) is 12.0. The minimum atomic E-state index is -1.18. The molecule has 1 rings (SSSR count). The maximum atomic E-state index is 10.8. The first kappa shape index (κ1) is 12.5. The number of amidine groups is 1. The molecule has 0 aromatic rings. The van der Waals surface area contributed by atoms with E-state index in [1.54, 1.807) is 0 Å². The third-order valence-electron chi connectivity index (χ3n) is 1.59. The van der Waals surface area contributed by atoms with E-state index in [1.807, 2.05) is 6.92 Å². The minimum Gasteiger partial charge on any atom is -0.476 e. The van der Waals surface area contributed by atoms with Crippen molar-refractivity contribution in [1.82, 2.24) is 5.32 Å². The van der Waals surface area contributed by atoms with Crippen LogP contribution >= 0.6 is 11.8 Å². The highest BCUT2D eigenvalue weighted by Crippen LogP contribution is 2.10. The second kappa shape index (κ2) is 6.11. The lowest BCUT2D eigenvalue weighted by atomic mass is 10.2. The van der Waals surface area contributed by atoms with E-state index in [2.05, 4.69) is 25.5 Å². The van der Waals surface area contributed by atoms with Gasteiger partial charge < -0.3 is 15.3 Å². The van der Waals surface area contributed by atoms with Crippen molar-refractivity contribution in [2.45, 2.75) is 6.92 Å². The number of thioether (sulfide) groups is 1. The first-order valence-corrected chi connectivity index (χ1v) is 5.53. The standard InChI is InChI=1S/C8H12N4O3S/c1-3-9-8-11-10-5(4-16-8)6(7(13)14)12-15-2/h3-4H2,1-2H3,(H,9,11)(H,13,14)/b12-6-. The summed E-state index contributed by atoms with van der Waals surface area (Å²) >= 11 is 1.38. The van der Waals surface area contributed by atoms with Gasteiger partial charge in [0.25, 0.3) is 0 Å². The molecule has 0 saturated heterocycles. The first-order valence-electron chi connectivity index (χ1n) is 4.55. The van der Waals surface area contributed by atoms with Gasteiger partial charge in [-0.1, -0.05) is 16.9 Å². The lowest BCUT2D eigenvalue weighted by Crippen LogP contribution is -2.30. The highest BCUT2D eigenvalue weighted by atomic mass is 32.2. The monoisotopic (exact) mass is 244 g/mol. The Morgan fingerprint density at radius 1 is 1.69 bits per heavy atom. The topological polar surface area (TPSA) is 95.6 Å². The predicted octanol–water partition coefficient (Wildman–Crippen LogP) is 0.142. The third kappa shape index (κ3) is 3.23. The Balaban J connectivity index is 2.82. The summed E-state index contributed by atoms with van der Waals surface area (Å²) in [7, 11) is 1.28. The van der Waals surface area contributed by atoms with Gasteiger partial charge in [0.1, 0.15) is 12.8 Å². The smallest absolute Gasteiger partial charge is 0.359 e. The number of rotatable bonds is 4. The van der Waals surface area contributed by atoms with Gasteiger partial charge in [-0.15, -0.1) is 10.2 Å². The van der Waals surface area contributed by atoms with Gasteiger partial charge >= 0.3 is 5.97 Å². The number of carboxylic acid groups (broad SMARTS) is 1. The van der Waals surface area contributed by atoms with E-state index in [0.29, 0.717) is 16.6 Å². The Kier molecular flexibility index (Phi) is 4.77. The van der Waals surface area contributed by atoms with E-state index in [-0.39, 0.29) is 5.71 Å². The van der Waals surface area contributed by atoms with Crippen LogP contribution in [-0.4, -0.2) is 47.1 Å². The van der Waals surface area contributed by atoms with Crippen molar-refractivity contribution in [3.05, 3.63) is 0 Å². The van der Waals surface area contributed by atoms with Crippen LogP contribution in [0.3, 0.4) is 0 Å². The molecule has 1 heterocycles. The van der Waals surface area contributed by atoms with Crippen molar-refractivity contribution in [1.29, 1.82) is 0 Å². The zero-order valence-electron chi connectivity index (χ0n) is 8.93. The summed E-state index contributed by atoms with van der Waals surface area (Å²) < 4.78 is 0. The number of hydrogen-bond donors (Lipinski definition) is 2. The first-order chi connectivity index (χ1) is 7.69. The molecule has 0 aromatic carbocycles. The Morgan fingerprint density at radius 3 is 2.88 bits per heavy atom. The molecule has 0 fully saturated rings. The van der Waals surface area contributed by atoms with Gasteiger partial charge in [-0.2, -0.15) is 0 Å². The average molecular weight is 244 g/mol. The van der Waals surface area contributed by atoms with Crippen molar-refractivity contribution >= 4 is 34.3 Å². The van der Waals surface area contributed by atoms with E-state index >= 15 is 0 Å². The number of nitrogens with one attached hydrogen (secondary N) is 1. The predicted molar refractivity (Wildman–Crippen MR) is 63.1 cm³/mol.